The SMILES string of the molecule is CN(CCCNC(=O)Nc1ccc(Cl)c(C(F)(F)F)c1)CCCNc1cc(N2CCCC2)nc(N2CCCC2)n1.Cl. The molecule has 2 amide bonds. The largest absolute Gasteiger partial charge is 0.417 e. The quantitative estimate of drug-likeness (QED) is 0.262. The van der Waals surface area contributed by atoms with Crippen molar-refractivity contribution in [2.75, 3.05) is 79.8 Å². The van der Waals surface area contributed by atoms with Crippen LogP contribution >= 0.6 is 24.0 Å². The zero-order chi connectivity index (χ0) is 28.5. The van der Waals surface area contributed by atoms with Crippen molar-refractivity contribution < 1.29 is 18.0 Å². The smallest absolute Gasteiger partial charge is 0.370 e. The topological polar surface area (TPSA) is 88.7 Å². The van der Waals surface area contributed by atoms with Gasteiger partial charge in [-0.3, -0.25) is 0 Å². The Morgan fingerprint density at radius 1 is 0.976 bits per heavy atom. The van der Waals surface area contributed by atoms with E-state index in [1.807, 2.05) is 7.05 Å². The first-order valence-corrected chi connectivity index (χ1v) is 14.3. The van der Waals surface area contributed by atoms with Crippen LogP contribution in [0.5, 0.6) is 0 Å². The molecule has 4 rings (SSSR count). The van der Waals surface area contributed by atoms with Crippen molar-refractivity contribution in [3.05, 3.63) is 34.9 Å². The molecule has 0 aliphatic carbocycles. The van der Waals surface area contributed by atoms with Gasteiger partial charge in [0, 0.05) is 51.0 Å². The van der Waals surface area contributed by atoms with Gasteiger partial charge >= 0.3 is 12.2 Å². The summed E-state index contributed by atoms with van der Waals surface area (Å²) in [6.45, 7) is 6.90. The second kappa shape index (κ2) is 15.5. The summed E-state index contributed by atoms with van der Waals surface area (Å²) in [5.41, 5.74) is -0.954. The number of nitrogens with zero attached hydrogens (tertiary/aromatic N) is 5. The molecule has 0 unspecified atom stereocenters. The fourth-order valence-electron chi connectivity index (χ4n) is 4.90. The summed E-state index contributed by atoms with van der Waals surface area (Å²) in [6, 6.07) is 4.77. The second-order valence-corrected chi connectivity index (χ2v) is 10.7. The zero-order valence-electron chi connectivity index (χ0n) is 23.3. The number of anilines is 4. The molecule has 3 N–H and O–H groups in total. The second-order valence-electron chi connectivity index (χ2n) is 10.3. The van der Waals surface area contributed by atoms with Crippen molar-refractivity contribution in [2.24, 2.45) is 0 Å². The van der Waals surface area contributed by atoms with Crippen LogP contribution < -0.4 is 25.8 Å². The monoisotopic (exact) mass is 618 g/mol. The first-order chi connectivity index (χ1) is 19.2. The van der Waals surface area contributed by atoms with Crippen molar-refractivity contribution in [3.63, 3.8) is 0 Å². The standard InChI is InChI=1S/C27H38ClF3N8O.ClH/c1-37(13-7-11-33-26(40)34-20-8-9-22(28)21(18-20)27(29,30)31)12-6-10-32-23-19-24(38-14-2-3-15-38)36-25(35-23)39-16-4-5-17-39;/h8-9,18-19H,2-7,10-17H2,1H3,(H,32,35,36)(H2,33,34,40);1H. The van der Waals surface area contributed by atoms with E-state index in [4.69, 9.17) is 21.6 Å². The Hall–Kier alpha value is -2.70. The van der Waals surface area contributed by atoms with Gasteiger partial charge in [0.05, 0.1) is 10.6 Å². The number of nitrogens with one attached hydrogen (secondary N) is 3. The lowest BCUT2D eigenvalue weighted by Gasteiger charge is -2.22. The Morgan fingerprint density at radius 3 is 2.27 bits per heavy atom. The van der Waals surface area contributed by atoms with Crippen LogP contribution in [-0.2, 0) is 6.18 Å². The highest BCUT2D eigenvalue weighted by molar-refractivity contribution is 6.31. The average Bonchev–Trinajstić information content (AvgIpc) is 3.65. The number of urea groups is 1. The van der Waals surface area contributed by atoms with Crippen LogP contribution in [0.15, 0.2) is 24.3 Å². The fourth-order valence-corrected chi connectivity index (χ4v) is 5.13. The van der Waals surface area contributed by atoms with Gasteiger partial charge in [-0.15, -0.1) is 12.4 Å². The van der Waals surface area contributed by atoms with Crippen LogP contribution in [0.1, 0.15) is 44.1 Å². The lowest BCUT2D eigenvalue weighted by molar-refractivity contribution is -0.137. The zero-order valence-corrected chi connectivity index (χ0v) is 24.8. The molecule has 2 aliphatic heterocycles. The minimum atomic E-state index is -4.59. The summed E-state index contributed by atoms with van der Waals surface area (Å²) >= 11 is 5.62. The Balaban J connectivity index is 0.00000462. The molecule has 0 radical (unpaired) electrons. The summed E-state index contributed by atoms with van der Waals surface area (Å²) in [6.07, 6.45) is 1.79. The third-order valence-corrected chi connectivity index (χ3v) is 7.40. The maximum absolute atomic E-state index is 13.0. The van der Waals surface area contributed by atoms with Crippen molar-refractivity contribution in [3.8, 4) is 0 Å². The predicted molar refractivity (Wildman–Crippen MR) is 161 cm³/mol. The molecule has 1 aromatic carbocycles. The number of rotatable bonds is 12. The molecular formula is C27H39Cl2F3N8O. The number of hydrogen-bond acceptors (Lipinski definition) is 7. The number of halogens is 5. The van der Waals surface area contributed by atoms with Gasteiger partial charge in [0.25, 0.3) is 0 Å². The van der Waals surface area contributed by atoms with Gasteiger partial charge < -0.3 is 30.7 Å². The molecule has 3 heterocycles. The summed E-state index contributed by atoms with van der Waals surface area (Å²) in [5.74, 6) is 2.68. The van der Waals surface area contributed by atoms with Gasteiger partial charge in [0.1, 0.15) is 11.6 Å². The van der Waals surface area contributed by atoms with E-state index in [-0.39, 0.29) is 18.1 Å². The molecule has 0 saturated carbocycles. The van der Waals surface area contributed by atoms with Gasteiger partial charge in [0.2, 0.25) is 5.95 Å². The first kappa shape index (κ1) is 32.8. The van der Waals surface area contributed by atoms with Crippen molar-refractivity contribution in [2.45, 2.75) is 44.7 Å². The highest BCUT2D eigenvalue weighted by Gasteiger charge is 2.33. The highest BCUT2D eigenvalue weighted by Crippen LogP contribution is 2.36. The van der Waals surface area contributed by atoms with Crippen LogP contribution in [-0.4, -0.2) is 80.3 Å². The number of carbonyl (C=O) groups is 1. The number of amides is 2. The Labute approximate surface area is 250 Å². The van der Waals surface area contributed by atoms with E-state index in [0.717, 1.165) is 82.0 Å². The minimum absolute atomic E-state index is 0. The predicted octanol–water partition coefficient (Wildman–Crippen LogP) is 5.72. The molecule has 0 spiro atoms. The number of carbonyl (C=O) groups excluding carboxylic acids is 1. The summed E-state index contributed by atoms with van der Waals surface area (Å²) in [4.78, 5) is 28.5. The molecule has 0 bridgehead atoms. The van der Waals surface area contributed by atoms with Gasteiger partial charge in [-0.05, 0) is 76.9 Å². The molecular weight excluding hydrogens is 580 g/mol. The van der Waals surface area contributed by atoms with E-state index in [1.54, 1.807) is 0 Å². The number of alkyl halides is 3. The van der Waals surface area contributed by atoms with Crippen molar-refractivity contribution in [1.82, 2.24) is 20.2 Å². The molecule has 2 aromatic rings. The van der Waals surface area contributed by atoms with Gasteiger partial charge in [-0.25, -0.2) is 4.79 Å². The van der Waals surface area contributed by atoms with Crippen LogP contribution in [0.25, 0.3) is 0 Å². The van der Waals surface area contributed by atoms with Crippen LogP contribution in [0.3, 0.4) is 0 Å². The Bertz CT molecular complexity index is 1090. The van der Waals surface area contributed by atoms with E-state index in [2.05, 4.69) is 36.7 Å². The molecule has 2 fully saturated rings. The van der Waals surface area contributed by atoms with Crippen LogP contribution in [0.4, 0.5) is 41.2 Å². The highest BCUT2D eigenvalue weighted by atomic mass is 35.5. The number of hydrogen-bond donors (Lipinski definition) is 3. The molecule has 14 heteroatoms. The summed E-state index contributed by atoms with van der Waals surface area (Å²) < 4.78 is 39.0. The lowest BCUT2D eigenvalue weighted by atomic mass is 10.2. The maximum atomic E-state index is 13.0. The number of aromatic nitrogens is 2. The van der Waals surface area contributed by atoms with E-state index in [1.165, 1.54) is 31.7 Å². The van der Waals surface area contributed by atoms with Gasteiger partial charge in [-0.2, -0.15) is 23.1 Å². The molecule has 228 valence electrons. The lowest BCUT2D eigenvalue weighted by Crippen LogP contribution is -2.32. The third kappa shape index (κ3) is 9.96. The van der Waals surface area contributed by atoms with E-state index in [9.17, 15) is 18.0 Å². The van der Waals surface area contributed by atoms with Crippen molar-refractivity contribution >= 4 is 53.3 Å². The Morgan fingerprint density at radius 2 is 1.61 bits per heavy atom. The normalized spacial score (nSPS) is 15.3. The summed E-state index contributed by atoms with van der Waals surface area (Å²) in [5, 5.41) is 8.17. The van der Waals surface area contributed by atoms with Gasteiger partial charge in [0.15, 0.2) is 0 Å². The first-order valence-electron chi connectivity index (χ1n) is 13.9. The van der Waals surface area contributed by atoms with E-state index in [0.29, 0.717) is 13.0 Å². The third-order valence-electron chi connectivity index (χ3n) is 7.07. The minimum Gasteiger partial charge on any atom is -0.370 e. The Kier molecular flexibility index (Phi) is 12.4. The molecule has 1 aromatic heterocycles. The summed E-state index contributed by atoms with van der Waals surface area (Å²) in [7, 11) is 2.02. The molecule has 2 saturated heterocycles. The average molecular weight is 620 g/mol. The molecule has 2 aliphatic rings. The fraction of sp³-hybridized carbons (Fsp3) is 0.593. The van der Waals surface area contributed by atoms with E-state index < -0.39 is 22.8 Å². The molecule has 9 nitrogen and oxygen atoms in total. The van der Waals surface area contributed by atoms with Gasteiger partial charge in [-0.1, -0.05) is 11.6 Å². The molecule has 41 heavy (non-hydrogen) atoms. The van der Waals surface area contributed by atoms with Crippen LogP contribution in [0.2, 0.25) is 5.02 Å². The maximum Gasteiger partial charge on any atom is 0.417 e. The number of benzene rings is 1. The van der Waals surface area contributed by atoms with E-state index >= 15 is 0 Å². The molecule has 0 atom stereocenters. The van der Waals surface area contributed by atoms with Crippen LogP contribution in [0, 0.1) is 0 Å². The van der Waals surface area contributed by atoms with Crippen molar-refractivity contribution in [1.29, 1.82) is 0 Å².